The van der Waals surface area contributed by atoms with Crippen LogP contribution in [0.25, 0.3) is 0 Å². The van der Waals surface area contributed by atoms with Crippen molar-refractivity contribution in [2.45, 2.75) is 31.0 Å². The fraction of sp³-hybridized carbons (Fsp3) is 0.304. The smallest absolute Gasteiger partial charge is 0.250 e. The number of rotatable bonds is 5. The molecular weight excluding hydrogens is 451 g/mol. The maximum atomic E-state index is 13.6. The van der Waals surface area contributed by atoms with Crippen molar-refractivity contribution in [2.24, 2.45) is 17.6 Å². The average molecular weight is 471 g/mol. The molecule has 0 aliphatic carbocycles. The van der Waals surface area contributed by atoms with E-state index >= 15 is 0 Å². The zero-order valence-corrected chi connectivity index (χ0v) is 18.1. The van der Waals surface area contributed by atoms with Gasteiger partial charge in [-0.25, -0.2) is 4.39 Å². The van der Waals surface area contributed by atoms with E-state index in [1.165, 1.54) is 24.3 Å². The van der Waals surface area contributed by atoms with Gasteiger partial charge in [-0.05, 0) is 30.2 Å². The van der Waals surface area contributed by atoms with E-state index in [0.717, 1.165) is 4.90 Å². The normalized spacial score (nSPS) is 27.8. The first-order valence-electron chi connectivity index (χ1n) is 10.5. The highest BCUT2D eigenvalue weighted by Gasteiger charge is 2.70. The Hall–Kier alpha value is -3.30. The number of nitrogens with one attached hydrogen (secondary N) is 2. The molecule has 0 bridgehead atoms. The van der Waals surface area contributed by atoms with Crippen LogP contribution in [0.5, 0.6) is 0 Å². The number of carbonyl (C=O) groups is 4. The Morgan fingerprint density at radius 3 is 2.55 bits per heavy atom. The van der Waals surface area contributed by atoms with E-state index in [1.807, 2.05) is 0 Å². The number of para-hydroxylation sites is 1. The third-order valence-electron chi connectivity index (χ3n) is 6.75. The number of nitrogens with zero attached hydrogens (tertiary/aromatic N) is 1. The Balaban J connectivity index is 1.58. The van der Waals surface area contributed by atoms with Gasteiger partial charge in [-0.15, -0.1) is 0 Å². The maximum absolute atomic E-state index is 13.6. The number of carbonyl (C=O) groups excluding carboxylic acids is 4. The molecule has 3 heterocycles. The van der Waals surface area contributed by atoms with Gasteiger partial charge in [0.05, 0.1) is 29.1 Å². The number of benzene rings is 2. The van der Waals surface area contributed by atoms with Crippen LogP contribution in [0, 0.1) is 17.7 Å². The van der Waals surface area contributed by atoms with E-state index in [4.69, 9.17) is 17.3 Å². The number of hydrogen-bond acceptors (Lipinski definition) is 5. The molecule has 8 nitrogen and oxygen atoms in total. The Labute approximate surface area is 193 Å². The van der Waals surface area contributed by atoms with Crippen LogP contribution < -0.4 is 16.4 Å². The summed E-state index contributed by atoms with van der Waals surface area (Å²) in [4.78, 5) is 53.0. The molecule has 4 atom stereocenters. The molecule has 1 spiro atoms. The molecule has 0 radical (unpaired) electrons. The molecule has 2 fully saturated rings. The molecule has 5 rings (SSSR count). The van der Waals surface area contributed by atoms with Gasteiger partial charge in [0, 0.05) is 18.0 Å². The fourth-order valence-corrected chi connectivity index (χ4v) is 5.55. The summed E-state index contributed by atoms with van der Waals surface area (Å²) in [5.74, 6) is -4.31. The first-order chi connectivity index (χ1) is 15.7. The number of hydrogen-bond donors (Lipinski definition) is 3. The van der Waals surface area contributed by atoms with Gasteiger partial charge in [-0.3, -0.25) is 29.4 Å². The zero-order chi connectivity index (χ0) is 23.5. The summed E-state index contributed by atoms with van der Waals surface area (Å²) in [7, 11) is 0. The summed E-state index contributed by atoms with van der Waals surface area (Å²) in [6.07, 6.45) is 0.172. The molecule has 0 unspecified atom stereocenters. The molecule has 2 aromatic carbocycles. The van der Waals surface area contributed by atoms with Crippen LogP contribution in [0.3, 0.4) is 0 Å². The summed E-state index contributed by atoms with van der Waals surface area (Å²) in [5, 5.41) is 6.28. The molecule has 3 aliphatic heterocycles. The molecule has 4 amide bonds. The highest BCUT2D eigenvalue weighted by molar-refractivity contribution is 6.35. The Morgan fingerprint density at radius 2 is 1.85 bits per heavy atom. The minimum Gasteiger partial charge on any atom is -0.370 e. The lowest BCUT2D eigenvalue weighted by Crippen LogP contribution is -2.53. The van der Waals surface area contributed by atoms with E-state index in [1.54, 1.807) is 18.2 Å². The Kier molecular flexibility index (Phi) is 4.98. The largest absolute Gasteiger partial charge is 0.370 e. The number of amides is 4. The van der Waals surface area contributed by atoms with Gasteiger partial charge < -0.3 is 11.1 Å². The predicted molar refractivity (Wildman–Crippen MR) is 116 cm³/mol. The fourth-order valence-electron chi connectivity index (χ4n) is 5.33. The second-order valence-electron chi connectivity index (χ2n) is 8.57. The van der Waals surface area contributed by atoms with Crippen LogP contribution in [0.15, 0.2) is 42.5 Å². The van der Waals surface area contributed by atoms with Crippen LogP contribution in [-0.4, -0.2) is 34.6 Å². The number of primary amides is 1. The van der Waals surface area contributed by atoms with E-state index < -0.39 is 52.9 Å². The SMILES string of the molecule is NC(=O)CC[C@@H]1N[C@]2(C(=O)Nc3c(Cl)cccc32)[C@@H]2C(=O)N(Cc3ccc(F)cc3)C(=O)[C@H]12. The molecular formula is C23H20ClFN4O4. The lowest BCUT2D eigenvalue weighted by Gasteiger charge is -2.29. The standard InChI is InChI=1S/C23H20ClFN4O4/c24-14-3-1-2-13-19(14)27-22(33)23(13)18-17(15(28-23)8-9-16(26)30)20(31)29(21(18)32)10-11-4-6-12(25)7-5-11/h1-7,15,17-18,28H,8-10H2,(H2,26,30)(H,27,33)/t15-,17+,18-,23-/m0/s1. The van der Waals surface area contributed by atoms with Crippen LogP contribution in [0.1, 0.15) is 24.0 Å². The monoisotopic (exact) mass is 470 g/mol. The maximum Gasteiger partial charge on any atom is 0.250 e. The van der Waals surface area contributed by atoms with Crippen molar-refractivity contribution < 1.29 is 23.6 Å². The predicted octanol–water partition coefficient (Wildman–Crippen LogP) is 1.67. The van der Waals surface area contributed by atoms with Crippen LogP contribution in [-0.2, 0) is 31.3 Å². The third-order valence-corrected chi connectivity index (χ3v) is 7.06. The second-order valence-corrected chi connectivity index (χ2v) is 8.98. The summed E-state index contributed by atoms with van der Waals surface area (Å²) in [5.41, 5.74) is 5.28. The Morgan fingerprint density at radius 1 is 1.12 bits per heavy atom. The molecule has 4 N–H and O–H groups in total. The van der Waals surface area contributed by atoms with Crippen LogP contribution >= 0.6 is 11.6 Å². The highest BCUT2D eigenvalue weighted by Crippen LogP contribution is 2.54. The number of imide groups is 1. The van der Waals surface area contributed by atoms with Crippen molar-refractivity contribution in [1.82, 2.24) is 10.2 Å². The molecule has 2 saturated heterocycles. The number of anilines is 1. The van der Waals surface area contributed by atoms with Crippen molar-refractivity contribution in [3.63, 3.8) is 0 Å². The topological polar surface area (TPSA) is 122 Å². The first kappa shape index (κ1) is 21.5. The van der Waals surface area contributed by atoms with E-state index in [0.29, 0.717) is 21.8 Å². The quantitative estimate of drug-likeness (QED) is 0.574. The molecule has 10 heteroatoms. The average Bonchev–Trinajstić information content (AvgIpc) is 3.35. The summed E-state index contributed by atoms with van der Waals surface area (Å²) < 4.78 is 13.3. The minimum absolute atomic E-state index is 0.0135. The third kappa shape index (κ3) is 3.14. The Bertz CT molecular complexity index is 1200. The number of fused-ring (bicyclic) bond motifs is 4. The van der Waals surface area contributed by atoms with Crippen molar-refractivity contribution >= 4 is 40.9 Å². The van der Waals surface area contributed by atoms with Gasteiger partial charge in [-0.1, -0.05) is 35.9 Å². The first-order valence-corrected chi connectivity index (χ1v) is 10.9. The summed E-state index contributed by atoms with van der Waals surface area (Å²) in [6, 6.07) is 9.87. The van der Waals surface area contributed by atoms with E-state index in [2.05, 4.69) is 10.6 Å². The van der Waals surface area contributed by atoms with Crippen molar-refractivity contribution in [2.75, 3.05) is 5.32 Å². The minimum atomic E-state index is -1.50. The van der Waals surface area contributed by atoms with Gasteiger partial charge in [0.15, 0.2) is 0 Å². The molecule has 0 saturated carbocycles. The molecule has 3 aliphatic rings. The highest BCUT2D eigenvalue weighted by atomic mass is 35.5. The van der Waals surface area contributed by atoms with Gasteiger partial charge in [-0.2, -0.15) is 0 Å². The lowest BCUT2D eigenvalue weighted by atomic mass is 9.76. The molecule has 33 heavy (non-hydrogen) atoms. The van der Waals surface area contributed by atoms with Crippen LogP contribution in [0.4, 0.5) is 10.1 Å². The van der Waals surface area contributed by atoms with Gasteiger partial charge >= 0.3 is 0 Å². The van der Waals surface area contributed by atoms with E-state index in [9.17, 15) is 23.6 Å². The van der Waals surface area contributed by atoms with Gasteiger partial charge in [0.2, 0.25) is 23.6 Å². The molecule has 2 aromatic rings. The molecule has 170 valence electrons. The van der Waals surface area contributed by atoms with Gasteiger partial charge in [0.25, 0.3) is 0 Å². The zero-order valence-electron chi connectivity index (χ0n) is 17.3. The number of halogens is 2. The molecule has 0 aromatic heterocycles. The van der Waals surface area contributed by atoms with E-state index in [-0.39, 0.29) is 19.4 Å². The summed E-state index contributed by atoms with van der Waals surface area (Å²) in [6.45, 7) is -0.0480. The number of nitrogens with two attached hydrogens (primary N) is 1. The lowest BCUT2D eigenvalue weighted by molar-refractivity contribution is -0.143. The van der Waals surface area contributed by atoms with Crippen molar-refractivity contribution in [3.05, 3.63) is 64.4 Å². The number of likely N-dealkylation sites (tertiary alicyclic amines) is 1. The van der Waals surface area contributed by atoms with Crippen molar-refractivity contribution in [3.8, 4) is 0 Å². The summed E-state index contributed by atoms with van der Waals surface area (Å²) >= 11 is 6.30. The van der Waals surface area contributed by atoms with Crippen LogP contribution in [0.2, 0.25) is 5.02 Å². The van der Waals surface area contributed by atoms with Crippen molar-refractivity contribution in [1.29, 1.82) is 0 Å². The van der Waals surface area contributed by atoms with Gasteiger partial charge in [0.1, 0.15) is 11.4 Å². The second kappa shape index (κ2) is 7.64.